The van der Waals surface area contributed by atoms with E-state index in [9.17, 15) is 9.59 Å². The SMILES string of the molecule is CCN(CC)C(=O)[C@H](CC(C)C)NC(=O)OC(C)(C)C. The summed E-state index contributed by atoms with van der Waals surface area (Å²) in [7, 11) is 0. The van der Waals surface area contributed by atoms with Crippen LogP contribution in [0.15, 0.2) is 0 Å². The monoisotopic (exact) mass is 286 g/mol. The van der Waals surface area contributed by atoms with Gasteiger partial charge < -0.3 is 15.0 Å². The molecular formula is C15H30N2O3. The highest BCUT2D eigenvalue weighted by atomic mass is 16.6. The first-order valence-corrected chi connectivity index (χ1v) is 7.39. The molecule has 0 spiro atoms. The van der Waals surface area contributed by atoms with Gasteiger partial charge in [-0.2, -0.15) is 0 Å². The molecule has 0 heterocycles. The van der Waals surface area contributed by atoms with Crippen LogP contribution in [0.25, 0.3) is 0 Å². The topological polar surface area (TPSA) is 58.6 Å². The molecule has 0 aromatic heterocycles. The number of carbonyl (C=O) groups excluding carboxylic acids is 2. The Hall–Kier alpha value is -1.26. The lowest BCUT2D eigenvalue weighted by Gasteiger charge is -2.28. The van der Waals surface area contributed by atoms with E-state index in [4.69, 9.17) is 4.74 Å². The summed E-state index contributed by atoms with van der Waals surface area (Å²) in [5.74, 6) is 0.268. The van der Waals surface area contributed by atoms with Gasteiger partial charge in [-0.3, -0.25) is 4.79 Å². The van der Waals surface area contributed by atoms with E-state index < -0.39 is 17.7 Å². The zero-order valence-corrected chi connectivity index (χ0v) is 13.9. The number of hydrogen-bond acceptors (Lipinski definition) is 3. The van der Waals surface area contributed by atoms with Crippen LogP contribution in [-0.4, -0.2) is 41.6 Å². The van der Waals surface area contributed by atoms with Crippen LogP contribution in [0.4, 0.5) is 4.79 Å². The molecule has 0 rings (SSSR count). The van der Waals surface area contributed by atoms with Crippen molar-refractivity contribution in [1.82, 2.24) is 10.2 Å². The Kier molecular flexibility index (Phi) is 7.61. The van der Waals surface area contributed by atoms with Gasteiger partial charge >= 0.3 is 6.09 Å². The normalized spacial score (nSPS) is 13.0. The average molecular weight is 286 g/mol. The van der Waals surface area contributed by atoms with E-state index in [0.717, 1.165) is 0 Å². The lowest BCUT2D eigenvalue weighted by atomic mass is 10.0. The minimum Gasteiger partial charge on any atom is -0.444 e. The molecule has 0 aliphatic heterocycles. The number of nitrogens with zero attached hydrogens (tertiary/aromatic N) is 1. The molecule has 2 amide bonds. The highest BCUT2D eigenvalue weighted by molar-refractivity contribution is 5.85. The maximum atomic E-state index is 12.4. The third-order valence-corrected chi connectivity index (χ3v) is 2.77. The fraction of sp³-hybridized carbons (Fsp3) is 0.867. The third kappa shape index (κ3) is 7.36. The number of ether oxygens (including phenoxy) is 1. The first kappa shape index (κ1) is 18.7. The van der Waals surface area contributed by atoms with Crippen molar-refractivity contribution in [3.8, 4) is 0 Å². The number of hydrogen-bond donors (Lipinski definition) is 1. The molecule has 0 aliphatic rings. The van der Waals surface area contributed by atoms with Crippen LogP contribution in [-0.2, 0) is 9.53 Å². The number of carbonyl (C=O) groups is 2. The molecule has 0 aromatic carbocycles. The van der Waals surface area contributed by atoms with Gasteiger partial charge in [-0.15, -0.1) is 0 Å². The largest absolute Gasteiger partial charge is 0.444 e. The minimum absolute atomic E-state index is 0.0467. The lowest BCUT2D eigenvalue weighted by Crippen LogP contribution is -2.50. The molecule has 0 unspecified atom stereocenters. The Bertz CT molecular complexity index is 318. The molecular weight excluding hydrogens is 256 g/mol. The van der Waals surface area contributed by atoms with Crippen molar-refractivity contribution in [1.29, 1.82) is 0 Å². The second-order valence-corrected chi connectivity index (χ2v) is 6.34. The van der Waals surface area contributed by atoms with Crippen LogP contribution in [0.2, 0.25) is 0 Å². The van der Waals surface area contributed by atoms with Gasteiger partial charge in [-0.1, -0.05) is 13.8 Å². The lowest BCUT2D eigenvalue weighted by molar-refractivity contribution is -0.133. The molecule has 0 saturated heterocycles. The molecule has 0 aromatic rings. The maximum absolute atomic E-state index is 12.4. The molecule has 5 heteroatoms. The predicted octanol–water partition coefficient (Wildman–Crippen LogP) is 2.79. The van der Waals surface area contributed by atoms with Crippen LogP contribution >= 0.6 is 0 Å². The number of rotatable bonds is 6. The summed E-state index contributed by atoms with van der Waals surface area (Å²) < 4.78 is 5.23. The van der Waals surface area contributed by atoms with Crippen molar-refractivity contribution in [2.75, 3.05) is 13.1 Å². The van der Waals surface area contributed by atoms with Gasteiger partial charge in [0, 0.05) is 13.1 Å². The van der Waals surface area contributed by atoms with Gasteiger partial charge in [0.2, 0.25) is 5.91 Å². The van der Waals surface area contributed by atoms with Crippen LogP contribution in [0, 0.1) is 5.92 Å². The van der Waals surface area contributed by atoms with Gasteiger partial charge in [-0.25, -0.2) is 4.79 Å². The van der Waals surface area contributed by atoms with Gasteiger partial charge in [0.05, 0.1) is 0 Å². The van der Waals surface area contributed by atoms with E-state index in [1.165, 1.54) is 0 Å². The van der Waals surface area contributed by atoms with Crippen LogP contribution in [0.3, 0.4) is 0 Å². The van der Waals surface area contributed by atoms with Crippen LogP contribution < -0.4 is 5.32 Å². The number of likely N-dealkylation sites (N-methyl/N-ethyl adjacent to an activating group) is 1. The predicted molar refractivity (Wildman–Crippen MR) is 80.5 cm³/mol. The fourth-order valence-electron chi connectivity index (χ4n) is 1.90. The van der Waals surface area contributed by atoms with Gasteiger partial charge in [0.1, 0.15) is 11.6 Å². The summed E-state index contributed by atoms with van der Waals surface area (Å²) in [6.45, 7) is 14.6. The fourth-order valence-corrected chi connectivity index (χ4v) is 1.90. The molecule has 0 saturated carbocycles. The van der Waals surface area contributed by atoms with Crippen molar-refractivity contribution in [2.24, 2.45) is 5.92 Å². The smallest absolute Gasteiger partial charge is 0.408 e. The molecule has 1 atom stereocenters. The summed E-state index contributed by atoms with van der Waals surface area (Å²) in [6, 6.07) is -0.523. The van der Waals surface area contributed by atoms with Gasteiger partial charge in [-0.05, 0) is 47.0 Å². The standard InChI is InChI=1S/C15H30N2O3/c1-8-17(9-2)13(18)12(10-11(3)4)16-14(19)20-15(5,6)7/h11-12H,8-10H2,1-7H3,(H,16,19)/t12-/m0/s1. The number of alkyl carbamates (subject to hydrolysis) is 1. The minimum atomic E-state index is -0.565. The summed E-state index contributed by atoms with van der Waals surface area (Å²) in [5.41, 5.74) is -0.565. The molecule has 0 fully saturated rings. The van der Waals surface area contributed by atoms with E-state index >= 15 is 0 Å². The van der Waals surface area contributed by atoms with Crippen LogP contribution in [0.1, 0.15) is 54.9 Å². The summed E-state index contributed by atoms with van der Waals surface area (Å²) in [5, 5.41) is 2.70. The van der Waals surface area contributed by atoms with Crippen LogP contribution in [0.5, 0.6) is 0 Å². The molecule has 0 bridgehead atoms. The van der Waals surface area contributed by atoms with E-state index in [-0.39, 0.29) is 5.91 Å². The quantitative estimate of drug-likeness (QED) is 0.817. The average Bonchev–Trinajstić information content (AvgIpc) is 2.26. The second-order valence-electron chi connectivity index (χ2n) is 6.34. The highest BCUT2D eigenvalue weighted by Crippen LogP contribution is 2.11. The van der Waals surface area contributed by atoms with Crippen molar-refractivity contribution in [3.63, 3.8) is 0 Å². The molecule has 0 aliphatic carbocycles. The Morgan fingerprint density at radius 3 is 2.00 bits per heavy atom. The van der Waals surface area contributed by atoms with Crippen molar-refractivity contribution < 1.29 is 14.3 Å². The Morgan fingerprint density at radius 1 is 1.15 bits per heavy atom. The van der Waals surface area contributed by atoms with E-state index in [2.05, 4.69) is 5.32 Å². The van der Waals surface area contributed by atoms with E-state index in [1.807, 2.05) is 27.7 Å². The zero-order valence-electron chi connectivity index (χ0n) is 13.9. The number of nitrogens with one attached hydrogen (secondary N) is 1. The Morgan fingerprint density at radius 2 is 1.65 bits per heavy atom. The van der Waals surface area contributed by atoms with Crippen molar-refractivity contribution >= 4 is 12.0 Å². The van der Waals surface area contributed by atoms with E-state index in [0.29, 0.717) is 25.4 Å². The van der Waals surface area contributed by atoms with Crippen molar-refractivity contribution in [2.45, 2.75) is 66.5 Å². The van der Waals surface area contributed by atoms with Crippen molar-refractivity contribution in [3.05, 3.63) is 0 Å². The zero-order chi connectivity index (χ0) is 15.9. The maximum Gasteiger partial charge on any atom is 0.408 e. The first-order chi connectivity index (χ1) is 9.10. The van der Waals surface area contributed by atoms with E-state index in [1.54, 1.807) is 25.7 Å². The molecule has 118 valence electrons. The molecule has 5 nitrogen and oxygen atoms in total. The molecule has 20 heavy (non-hydrogen) atoms. The van der Waals surface area contributed by atoms with Gasteiger partial charge in [0.15, 0.2) is 0 Å². The Balaban J connectivity index is 4.80. The van der Waals surface area contributed by atoms with Gasteiger partial charge in [0.25, 0.3) is 0 Å². The summed E-state index contributed by atoms with van der Waals surface area (Å²) in [6.07, 6.45) is 0.0674. The second kappa shape index (κ2) is 8.12. The summed E-state index contributed by atoms with van der Waals surface area (Å²) in [4.78, 5) is 26.0. The first-order valence-electron chi connectivity index (χ1n) is 7.39. The third-order valence-electron chi connectivity index (χ3n) is 2.77. The number of amides is 2. The highest BCUT2D eigenvalue weighted by Gasteiger charge is 2.27. The Labute approximate surface area is 123 Å². The molecule has 1 N–H and O–H groups in total. The molecule has 0 radical (unpaired) electrons. The summed E-state index contributed by atoms with van der Waals surface area (Å²) >= 11 is 0.